The Morgan fingerprint density at radius 2 is 1.88 bits per heavy atom. The van der Waals surface area contributed by atoms with E-state index >= 15 is 0 Å². The third-order valence-electron chi connectivity index (χ3n) is 4.37. The Balaban J connectivity index is 1.59. The molecule has 0 aliphatic rings. The van der Waals surface area contributed by atoms with Crippen LogP contribution in [0.15, 0.2) is 60.8 Å². The fourth-order valence-electron chi connectivity index (χ4n) is 2.96. The predicted octanol–water partition coefficient (Wildman–Crippen LogP) is 2.54. The molecule has 1 heterocycles. The number of nitrogens with two attached hydrogens (primary N) is 1. The number of carbonyl (C=O) groups excluding carboxylic acids is 1. The van der Waals surface area contributed by atoms with Crippen molar-refractivity contribution in [2.24, 2.45) is 5.73 Å². The molecule has 3 rings (SSSR count). The van der Waals surface area contributed by atoms with Crippen molar-refractivity contribution < 1.29 is 9.53 Å². The fourth-order valence-corrected chi connectivity index (χ4v) is 2.96. The zero-order valence-electron chi connectivity index (χ0n) is 14.2. The van der Waals surface area contributed by atoms with Crippen molar-refractivity contribution in [1.82, 2.24) is 10.3 Å². The zero-order chi connectivity index (χ0) is 17.6. The molecule has 0 saturated heterocycles. The summed E-state index contributed by atoms with van der Waals surface area (Å²) in [5.41, 5.74) is 9.22. The normalized spacial score (nSPS) is 13.5. The molecular formula is C20H23N3O2. The number of aromatic amines is 1. The van der Waals surface area contributed by atoms with Crippen LogP contribution < -0.4 is 11.1 Å². The van der Waals surface area contributed by atoms with Gasteiger partial charge >= 0.3 is 0 Å². The van der Waals surface area contributed by atoms with Gasteiger partial charge in [-0.2, -0.15) is 0 Å². The van der Waals surface area contributed by atoms with Gasteiger partial charge in [0.1, 0.15) is 0 Å². The Labute approximate surface area is 147 Å². The summed E-state index contributed by atoms with van der Waals surface area (Å²) in [5.74, 6) is -0.178. The van der Waals surface area contributed by atoms with Crippen molar-refractivity contribution in [2.75, 3.05) is 13.7 Å². The van der Waals surface area contributed by atoms with Crippen LogP contribution in [-0.4, -0.2) is 30.6 Å². The van der Waals surface area contributed by atoms with Gasteiger partial charge in [0.05, 0.1) is 12.1 Å². The number of carbonyl (C=O) groups is 1. The van der Waals surface area contributed by atoms with E-state index in [9.17, 15) is 4.79 Å². The molecule has 1 amide bonds. The molecule has 0 saturated carbocycles. The van der Waals surface area contributed by atoms with Crippen LogP contribution in [0.4, 0.5) is 0 Å². The highest BCUT2D eigenvalue weighted by Gasteiger charge is 2.18. The number of hydrogen-bond donors (Lipinski definition) is 3. The first-order valence-corrected chi connectivity index (χ1v) is 8.35. The topological polar surface area (TPSA) is 80.1 Å². The monoisotopic (exact) mass is 337 g/mol. The van der Waals surface area contributed by atoms with Gasteiger partial charge in [-0.05, 0) is 23.6 Å². The lowest BCUT2D eigenvalue weighted by Crippen LogP contribution is -2.43. The molecule has 0 aliphatic heterocycles. The average molecular weight is 337 g/mol. The maximum atomic E-state index is 12.4. The number of amides is 1. The number of ether oxygens (including phenoxy) is 1. The van der Waals surface area contributed by atoms with Crippen molar-refractivity contribution in [3.05, 3.63) is 71.9 Å². The van der Waals surface area contributed by atoms with Crippen LogP contribution in [0.25, 0.3) is 10.9 Å². The van der Waals surface area contributed by atoms with E-state index in [1.165, 1.54) is 0 Å². The van der Waals surface area contributed by atoms with Crippen LogP contribution in [0, 0.1) is 0 Å². The molecule has 1 aromatic heterocycles. The third kappa shape index (κ3) is 4.07. The van der Waals surface area contributed by atoms with Gasteiger partial charge in [-0.15, -0.1) is 0 Å². The van der Waals surface area contributed by atoms with Crippen LogP contribution in [0.5, 0.6) is 0 Å². The summed E-state index contributed by atoms with van der Waals surface area (Å²) in [4.78, 5) is 15.6. The van der Waals surface area contributed by atoms with E-state index in [4.69, 9.17) is 10.5 Å². The first-order valence-electron chi connectivity index (χ1n) is 8.35. The van der Waals surface area contributed by atoms with E-state index in [1.54, 1.807) is 7.11 Å². The number of fused-ring (bicyclic) bond motifs is 1. The van der Waals surface area contributed by atoms with Gasteiger partial charge in [-0.25, -0.2) is 0 Å². The molecule has 0 fully saturated rings. The van der Waals surface area contributed by atoms with E-state index in [0.717, 1.165) is 22.0 Å². The first-order chi connectivity index (χ1) is 12.2. The Hall–Kier alpha value is -2.63. The molecule has 0 spiro atoms. The van der Waals surface area contributed by atoms with Gasteiger partial charge in [-0.3, -0.25) is 4.79 Å². The molecule has 4 N–H and O–H groups in total. The van der Waals surface area contributed by atoms with E-state index in [2.05, 4.69) is 10.3 Å². The summed E-state index contributed by atoms with van der Waals surface area (Å²) in [7, 11) is 1.63. The standard InChI is InChI=1S/C20H23N3O2/c1-25-19(14-7-3-2-4-8-14)13-23-20(24)17(21)11-15-12-22-18-10-6-5-9-16(15)18/h2-10,12,17,19,22H,11,13,21H2,1H3,(H,23,24)/t17-,19?/m0/s1. The molecule has 1 unspecified atom stereocenters. The van der Waals surface area contributed by atoms with Gasteiger partial charge in [0.2, 0.25) is 5.91 Å². The minimum absolute atomic E-state index is 0.178. The Bertz CT molecular complexity index is 829. The van der Waals surface area contributed by atoms with E-state index < -0.39 is 6.04 Å². The molecular weight excluding hydrogens is 314 g/mol. The number of nitrogens with one attached hydrogen (secondary N) is 2. The molecule has 3 aromatic rings. The van der Waals surface area contributed by atoms with Crippen molar-refractivity contribution in [1.29, 1.82) is 0 Å². The van der Waals surface area contributed by atoms with Crippen LogP contribution in [-0.2, 0) is 16.0 Å². The van der Waals surface area contributed by atoms with Crippen molar-refractivity contribution in [3.63, 3.8) is 0 Å². The first kappa shape index (κ1) is 17.2. The summed E-state index contributed by atoms with van der Waals surface area (Å²) in [6, 6.07) is 17.2. The van der Waals surface area contributed by atoms with Crippen molar-refractivity contribution in [2.45, 2.75) is 18.6 Å². The van der Waals surface area contributed by atoms with Crippen LogP contribution in [0.2, 0.25) is 0 Å². The van der Waals surface area contributed by atoms with Crippen LogP contribution in [0.3, 0.4) is 0 Å². The van der Waals surface area contributed by atoms with Crippen LogP contribution in [0.1, 0.15) is 17.2 Å². The summed E-state index contributed by atoms with van der Waals surface area (Å²) in [5, 5.41) is 3.99. The van der Waals surface area contributed by atoms with E-state index in [0.29, 0.717) is 13.0 Å². The van der Waals surface area contributed by atoms with E-state index in [1.807, 2.05) is 60.8 Å². The van der Waals surface area contributed by atoms with Crippen molar-refractivity contribution >= 4 is 16.8 Å². The van der Waals surface area contributed by atoms with Gasteiger partial charge in [0.25, 0.3) is 0 Å². The molecule has 130 valence electrons. The molecule has 2 atom stereocenters. The lowest BCUT2D eigenvalue weighted by Gasteiger charge is -2.18. The van der Waals surface area contributed by atoms with Gasteiger partial charge in [0.15, 0.2) is 0 Å². The molecule has 2 aromatic carbocycles. The average Bonchev–Trinajstić information content (AvgIpc) is 3.06. The molecule has 0 bridgehead atoms. The lowest BCUT2D eigenvalue weighted by atomic mass is 10.0. The predicted molar refractivity (Wildman–Crippen MR) is 99.2 cm³/mol. The van der Waals surface area contributed by atoms with Gasteiger partial charge in [-0.1, -0.05) is 48.5 Å². The van der Waals surface area contributed by atoms with Crippen LogP contribution >= 0.6 is 0 Å². The van der Waals surface area contributed by atoms with Gasteiger partial charge < -0.3 is 20.8 Å². The Morgan fingerprint density at radius 3 is 2.64 bits per heavy atom. The Morgan fingerprint density at radius 1 is 1.16 bits per heavy atom. The summed E-state index contributed by atoms with van der Waals surface area (Å²) in [6.45, 7) is 0.390. The highest BCUT2D eigenvalue weighted by atomic mass is 16.5. The SMILES string of the molecule is COC(CNC(=O)[C@@H](N)Cc1c[nH]c2ccccc12)c1ccccc1. The maximum absolute atomic E-state index is 12.4. The number of methoxy groups -OCH3 is 1. The minimum atomic E-state index is -0.604. The van der Waals surface area contributed by atoms with Gasteiger partial charge in [0, 0.05) is 30.8 Å². The smallest absolute Gasteiger partial charge is 0.237 e. The Kier molecular flexibility index (Phi) is 5.48. The number of H-pyrrole nitrogens is 1. The second-order valence-corrected chi connectivity index (χ2v) is 6.05. The number of benzene rings is 2. The second kappa shape index (κ2) is 7.96. The summed E-state index contributed by atoms with van der Waals surface area (Å²) >= 11 is 0. The second-order valence-electron chi connectivity index (χ2n) is 6.05. The minimum Gasteiger partial charge on any atom is -0.375 e. The maximum Gasteiger partial charge on any atom is 0.237 e. The third-order valence-corrected chi connectivity index (χ3v) is 4.37. The highest BCUT2D eigenvalue weighted by Crippen LogP contribution is 2.19. The summed E-state index contributed by atoms with van der Waals surface area (Å²) in [6.07, 6.45) is 2.21. The largest absolute Gasteiger partial charge is 0.375 e. The fraction of sp³-hybridized carbons (Fsp3) is 0.250. The number of hydrogen-bond acceptors (Lipinski definition) is 3. The number of para-hydroxylation sites is 1. The van der Waals surface area contributed by atoms with Crippen molar-refractivity contribution in [3.8, 4) is 0 Å². The lowest BCUT2D eigenvalue weighted by molar-refractivity contribution is -0.122. The molecule has 0 aliphatic carbocycles. The zero-order valence-corrected chi connectivity index (χ0v) is 14.2. The molecule has 25 heavy (non-hydrogen) atoms. The molecule has 5 heteroatoms. The highest BCUT2D eigenvalue weighted by molar-refractivity contribution is 5.86. The van der Waals surface area contributed by atoms with E-state index in [-0.39, 0.29) is 12.0 Å². The quantitative estimate of drug-likeness (QED) is 0.620. The molecule has 0 radical (unpaired) electrons. The number of rotatable bonds is 7. The summed E-state index contributed by atoms with van der Waals surface area (Å²) < 4.78 is 5.47. The number of aromatic nitrogens is 1. The molecule has 5 nitrogen and oxygen atoms in total.